The zero-order chi connectivity index (χ0) is 25.6. The Morgan fingerprint density at radius 2 is 1.95 bits per heavy atom. The van der Waals surface area contributed by atoms with Crippen LogP contribution in [0.1, 0.15) is 42.7 Å². The first kappa shape index (κ1) is 23.9. The van der Waals surface area contributed by atoms with Crippen molar-refractivity contribution in [3.8, 4) is 11.3 Å². The minimum atomic E-state index is -0.831. The van der Waals surface area contributed by atoms with Gasteiger partial charge >= 0.3 is 0 Å². The average molecular weight is 507 g/mol. The highest BCUT2D eigenvalue weighted by atomic mass is 19.1. The summed E-state index contributed by atoms with van der Waals surface area (Å²) in [4.78, 5) is 8.75. The summed E-state index contributed by atoms with van der Waals surface area (Å²) in [6.45, 7) is 0.498. The molecule has 0 spiro atoms. The molecule has 4 aromatic rings. The normalized spacial score (nSPS) is 21.1. The van der Waals surface area contributed by atoms with Crippen molar-refractivity contribution in [2.75, 3.05) is 25.6 Å². The molecule has 37 heavy (non-hydrogen) atoms. The van der Waals surface area contributed by atoms with Crippen LogP contribution in [0.3, 0.4) is 0 Å². The van der Waals surface area contributed by atoms with E-state index in [9.17, 15) is 0 Å². The molecule has 4 heterocycles. The summed E-state index contributed by atoms with van der Waals surface area (Å²) in [6.07, 6.45) is 9.28. The molecule has 2 aliphatic rings. The largest absolute Gasteiger partial charge is 0.375 e. The highest BCUT2D eigenvalue weighted by molar-refractivity contribution is 5.66. The summed E-state index contributed by atoms with van der Waals surface area (Å²) in [5, 5.41) is 7.87. The Kier molecular flexibility index (Phi) is 6.10. The lowest BCUT2D eigenvalue weighted by Crippen LogP contribution is -2.48. The van der Waals surface area contributed by atoms with E-state index in [0.29, 0.717) is 22.9 Å². The molecule has 8 nitrogen and oxygen atoms in total. The van der Waals surface area contributed by atoms with Crippen molar-refractivity contribution in [2.24, 2.45) is 5.73 Å². The summed E-state index contributed by atoms with van der Waals surface area (Å²) in [5.74, 6) is -0.693. The summed E-state index contributed by atoms with van der Waals surface area (Å²) >= 11 is 0. The third kappa shape index (κ3) is 4.24. The number of ether oxygens (including phenoxy) is 2. The number of hydrogen-bond acceptors (Lipinski definition) is 7. The van der Waals surface area contributed by atoms with Crippen LogP contribution in [0.25, 0.3) is 16.8 Å². The SMILES string of the molecule is COC1(c2cc(F)c(-c3ccc4cnc(Nc5cnccc5[C@@H]5CCC[C@H](N)C5)n4n3)c(F)c2)COC1. The second-order valence-corrected chi connectivity index (χ2v) is 9.85. The molecule has 1 saturated carbocycles. The van der Waals surface area contributed by atoms with Gasteiger partial charge in [-0.05, 0) is 66.6 Å². The molecule has 10 heteroatoms. The first-order valence-electron chi connectivity index (χ1n) is 12.4. The van der Waals surface area contributed by atoms with Gasteiger partial charge in [0.25, 0.3) is 0 Å². The van der Waals surface area contributed by atoms with Gasteiger partial charge in [0.15, 0.2) is 0 Å². The maximum Gasteiger partial charge on any atom is 0.229 e. The Hall–Kier alpha value is -3.47. The lowest BCUT2D eigenvalue weighted by atomic mass is 9.81. The van der Waals surface area contributed by atoms with Crippen LogP contribution in [-0.2, 0) is 15.1 Å². The fourth-order valence-electron chi connectivity index (χ4n) is 5.37. The quantitative estimate of drug-likeness (QED) is 0.392. The van der Waals surface area contributed by atoms with Crippen LogP contribution in [0, 0.1) is 11.6 Å². The third-order valence-electron chi connectivity index (χ3n) is 7.53. The Morgan fingerprint density at radius 3 is 2.65 bits per heavy atom. The molecule has 1 aromatic carbocycles. The molecule has 3 aromatic heterocycles. The van der Waals surface area contributed by atoms with Crippen LogP contribution in [-0.4, -0.2) is 45.9 Å². The molecule has 6 rings (SSSR count). The lowest BCUT2D eigenvalue weighted by Gasteiger charge is -2.40. The molecule has 0 radical (unpaired) electrons. The minimum Gasteiger partial charge on any atom is -0.375 e. The monoisotopic (exact) mass is 506 g/mol. The molecule has 3 N–H and O–H groups in total. The second kappa shape index (κ2) is 9.44. The number of benzene rings is 1. The summed E-state index contributed by atoms with van der Waals surface area (Å²) < 4.78 is 42.8. The van der Waals surface area contributed by atoms with Crippen molar-refractivity contribution in [1.82, 2.24) is 19.6 Å². The van der Waals surface area contributed by atoms with Crippen LogP contribution >= 0.6 is 0 Å². The maximum absolute atomic E-state index is 15.3. The van der Waals surface area contributed by atoms with Gasteiger partial charge in [-0.25, -0.2) is 13.8 Å². The van der Waals surface area contributed by atoms with Gasteiger partial charge in [-0.15, -0.1) is 0 Å². The Bertz CT molecular complexity index is 1430. The smallest absolute Gasteiger partial charge is 0.229 e. The number of hydrogen-bond donors (Lipinski definition) is 2. The van der Waals surface area contributed by atoms with Crippen LogP contribution in [0.4, 0.5) is 20.4 Å². The number of pyridine rings is 1. The van der Waals surface area contributed by atoms with Crippen LogP contribution in [0.5, 0.6) is 0 Å². The summed E-state index contributed by atoms with van der Waals surface area (Å²) in [6, 6.07) is 8.09. The number of fused-ring (bicyclic) bond motifs is 1. The molecular weight excluding hydrogens is 478 g/mol. The predicted octanol–water partition coefficient (Wildman–Crippen LogP) is 4.67. The first-order valence-corrected chi connectivity index (χ1v) is 12.4. The predicted molar refractivity (Wildman–Crippen MR) is 135 cm³/mol. The molecule has 0 unspecified atom stereocenters. The van der Waals surface area contributed by atoms with Gasteiger partial charge in [-0.3, -0.25) is 4.98 Å². The highest BCUT2D eigenvalue weighted by Crippen LogP contribution is 2.38. The number of anilines is 2. The highest BCUT2D eigenvalue weighted by Gasteiger charge is 2.41. The number of methoxy groups -OCH3 is 1. The van der Waals surface area contributed by atoms with Gasteiger partial charge in [0.2, 0.25) is 5.95 Å². The Balaban J connectivity index is 1.35. The number of nitrogens with one attached hydrogen (secondary N) is 1. The fraction of sp³-hybridized carbons (Fsp3) is 0.370. The summed E-state index contributed by atoms with van der Waals surface area (Å²) in [7, 11) is 1.51. The lowest BCUT2D eigenvalue weighted by molar-refractivity contribution is -0.202. The topological polar surface area (TPSA) is 99.6 Å². The number of aromatic nitrogens is 4. The van der Waals surface area contributed by atoms with Crippen molar-refractivity contribution in [3.63, 3.8) is 0 Å². The van der Waals surface area contributed by atoms with Crippen LogP contribution in [0.2, 0.25) is 0 Å². The molecule has 0 bridgehead atoms. The van der Waals surface area contributed by atoms with Gasteiger partial charge in [-0.1, -0.05) is 6.42 Å². The number of nitrogens with two attached hydrogens (primary N) is 1. The standard InChI is InChI=1S/C27H28F2N6O2/c1-36-27(14-37-15-27)17-10-21(28)25(22(29)11-17)23-6-5-19-12-32-26(35(19)34-23)33-24-13-31-8-7-20(24)16-3-2-4-18(30)9-16/h5-8,10-13,16,18H,2-4,9,14-15,30H2,1H3,(H,32,33)/t16-,18+/m1/s1. The number of imidazole rings is 1. The molecule has 192 valence electrons. The number of rotatable bonds is 6. The van der Waals surface area contributed by atoms with E-state index >= 15 is 8.78 Å². The zero-order valence-electron chi connectivity index (χ0n) is 20.5. The van der Waals surface area contributed by atoms with E-state index in [-0.39, 0.29) is 30.5 Å². The van der Waals surface area contributed by atoms with Gasteiger partial charge < -0.3 is 20.5 Å². The van der Waals surface area contributed by atoms with Gasteiger partial charge in [0.05, 0.1) is 48.1 Å². The van der Waals surface area contributed by atoms with E-state index in [2.05, 4.69) is 20.4 Å². The minimum absolute atomic E-state index is 0.149. The number of nitrogens with zero attached hydrogens (tertiary/aromatic N) is 4. The van der Waals surface area contributed by atoms with Gasteiger partial charge in [0, 0.05) is 19.3 Å². The Morgan fingerprint density at radius 1 is 1.14 bits per heavy atom. The maximum atomic E-state index is 15.3. The van der Waals surface area contributed by atoms with E-state index < -0.39 is 17.2 Å². The summed E-state index contributed by atoms with van der Waals surface area (Å²) in [5.41, 5.74) is 8.36. The number of halogens is 2. The van der Waals surface area contributed by atoms with Crippen molar-refractivity contribution < 1.29 is 18.3 Å². The molecule has 1 aliphatic carbocycles. The van der Waals surface area contributed by atoms with Crippen molar-refractivity contribution >= 4 is 17.2 Å². The first-order chi connectivity index (χ1) is 18.0. The zero-order valence-corrected chi connectivity index (χ0v) is 20.5. The van der Waals surface area contributed by atoms with E-state index in [1.807, 2.05) is 6.07 Å². The van der Waals surface area contributed by atoms with Gasteiger partial charge in [-0.2, -0.15) is 9.61 Å². The van der Waals surface area contributed by atoms with Crippen LogP contribution in [0.15, 0.2) is 48.9 Å². The molecule has 2 atom stereocenters. The molecule has 1 aliphatic heterocycles. The van der Waals surface area contributed by atoms with Crippen LogP contribution < -0.4 is 11.1 Å². The second-order valence-electron chi connectivity index (χ2n) is 9.85. The average Bonchev–Trinajstić information content (AvgIpc) is 3.26. The fourth-order valence-corrected chi connectivity index (χ4v) is 5.37. The Labute approximate surface area is 212 Å². The molecule has 2 fully saturated rings. The van der Waals surface area contributed by atoms with Crippen molar-refractivity contribution in [3.05, 3.63) is 71.7 Å². The van der Waals surface area contributed by atoms with Gasteiger partial charge in [0.1, 0.15) is 17.2 Å². The van der Waals surface area contributed by atoms with E-state index in [0.717, 1.165) is 36.9 Å². The molecule has 0 amide bonds. The van der Waals surface area contributed by atoms with E-state index in [1.165, 1.54) is 19.2 Å². The van der Waals surface area contributed by atoms with E-state index in [1.54, 1.807) is 35.2 Å². The molecule has 1 saturated heterocycles. The van der Waals surface area contributed by atoms with E-state index in [4.69, 9.17) is 15.2 Å². The van der Waals surface area contributed by atoms with Crippen molar-refractivity contribution in [1.29, 1.82) is 0 Å². The van der Waals surface area contributed by atoms with Crippen molar-refractivity contribution in [2.45, 2.75) is 43.2 Å². The molecular formula is C27H28F2N6O2. The third-order valence-corrected chi connectivity index (χ3v) is 7.53.